The van der Waals surface area contributed by atoms with Crippen LogP contribution in [-0.4, -0.2) is 36.3 Å². The van der Waals surface area contributed by atoms with Crippen LogP contribution in [-0.2, 0) is 21.9 Å². The number of piperidine rings is 1. The molecule has 0 saturated carbocycles. The molecule has 1 fully saturated rings. The van der Waals surface area contributed by atoms with Gasteiger partial charge in [-0.3, -0.25) is 9.59 Å². The Labute approximate surface area is 172 Å². The molecule has 3 aromatic rings. The van der Waals surface area contributed by atoms with Gasteiger partial charge in [-0.25, -0.2) is 8.42 Å². The summed E-state index contributed by atoms with van der Waals surface area (Å²) in [5, 5.41) is 2.88. The number of carbonyl (C=O) groups is 1. The first-order valence-corrected chi connectivity index (χ1v) is 11.6. The molecule has 29 heavy (non-hydrogen) atoms. The Morgan fingerprint density at radius 3 is 2.69 bits per heavy atom. The van der Waals surface area contributed by atoms with Gasteiger partial charge in [0.2, 0.25) is 15.9 Å². The Morgan fingerprint density at radius 1 is 1.17 bits per heavy atom. The quantitative estimate of drug-likeness (QED) is 0.688. The Hall–Kier alpha value is -2.49. The molecule has 1 N–H and O–H groups in total. The fraction of sp³-hybridized carbons (Fsp3) is 0.300. The highest BCUT2D eigenvalue weighted by Crippen LogP contribution is 2.26. The van der Waals surface area contributed by atoms with Crippen LogP contribution in [0.4, 0.5) is 5.69 Å². The molecule has 1 aliphatic heterocycles. The highest BCUT2D eigenvalue weighted by molar-refractivity contribution is 7.89. The van der Waals surface area contributed by atoms with Gasteiger partial charge >= 0.3 is 4.87 Å². The van der Waals surface area contributed by atoms with E-state index >= 15 is 0 Å². The highest BCUT2D eigenvalue weighted by Gasteiger charge is 2.33. The molecule has 1 saturated heterocycles. The van der Waals surface area contributed by atoms with Crippen molar-refractivity contribution < 1.29 is 13.2 Å². The molecule has 2 aromatic carbocycles. The monoisotopic (exact) mass is 431 g/mol. The number of hydrogen-bond acceptors (Lipinski definition) is 5. The van der Waals surface area contributed by atoms with E-state index in [1.807, 2.05) is 0 Å². The van der Waals surface area contributed by atoms with E-state index in [2.05, 4.69) is 5.32 Å². The Kier molecular flexibility index (Phi) is 5.28. The molecular formula is C20H21N3O4S2. The molecule has 0 unspecified atom stereocenters. The fourth-order valence-electron chi connectivity index (χ4n) is 3.57. The van der Waals surface area contributed by atoms with Crippen molar-refractivity contribution in [1.82, 2.24) is 8.87 Å². The summed E-state index contributed by atoms with van der Waals surface area (Å²) >= 11 is 1.13. The second kappa shape index (κ2) is 7.74. The van der Waals surface area contributed by atoms with Crippen molar-refractivity contribution in [3.63, 3.8) is 0 Å². The van der Waals surface area contributed by atoms with E-state index in [4.69, 9.17) is 0 Å². The van der Waals surface area contributed by atoms with Crippen LogP contribution < -0.4 is 10.2 Å². The van der Waals surface area contributed by atoms with Crippen LogP contribution in [0.1, 0.15) is 12.8 Å². The number of sulfonamides is 1. The molecule has 1 atom stereocenters. The number of aryl methyl sites for hydroxylation is 1. The van der Waals surface area contributed by atoms with Gasteiger partial charge in [0.25, 0.3) is 0 Å². The zero-order valence-electron chi connectivity index (χ0n) is 15.9. The van der Waals surface area contributed by atoms with Crippen LogP contribution in [0.2, 0.25) is 0 Å². The van der Waals surface area contributed by atoms with Crippen molar-refractivity contribution in [3.8, 4) is 0 Å². The highest BCUT2D eigenvalue weighted by atomic mass is 32.2. The van der Waals surface area contributed by atoms with Gasteiger partial charge in [0, 0.05) is 25.8 Å². The number of nitrogens with one attached hydrogen (secondary N) is 1. The van der Waals surface area contributed by atoms with Crippen molar-refractivity contribution >= 4 is 43.2 Å². The number of aromatic nitrogens is 1. The summed E-state index contributed by atoms with van der Waals surface area (Å²) in [4.78, 5) is 24.8. The van der Waals surface area contributed by atoms with E-state index < -0.39 is 15.9 Å². The van der Waals surface area contributed by atoms with Crippen LogP contribution in [0.15, 0.2) is 58.2 Å². The number of benzene rings is 2. The van der Waals surface area contributed by atoms with E-state index in [9.17, 15) is 18.0 Å². The van der Waals surface area contributed by atoms with Gasteiger partial charge in [-0.1, -0.05) is 29.5 Å². The maximum Gasteiger partial charge on any atom is 0.307 e. The molecule has 0 bridgehead atoms. The summed E-state index contributed by atoms with van der Waals surface area (Å²) in [7, 11) is -1.90. The second-order valence-corrected chi connectivity index (χ2v) is 10.0. The minimum absolute atomic E-state index is 0.0579. The summed E-state index contributed by atoms with van der Waals surface area (Å²) < 4.78 is 29.5. The lowest BCUT2D eigenvalue weighted by molar-refractivity contribution is -0.120. The van der Waals surface area contributed by atoms with Gasteiger partial charge in [0.15, 0.2) is 0 Å². The van der Waals surface area contributed by atoms with Gasteiger partial charge in [-0.05, 0) is 43.2 Å². The lowest BCUT2D eigenvalue weighted by atomic mass is 9.98. The standard InChI is InChI=1S/C20H21N3O4S2/c1-22-17-10-9-15(12-18(17)28-20(22)25)21-19(24)14-6-5-11-23(13-14)29(26,27)16-7-3-2-4-8-16/h2-4,7-10,12,14H,5-6,11,13H2,1H3,(H,21,24)/t14-/m0/s1. The molecule has 152 valence electrons. The van der Waals surface area contributed by atoms with E-state index in [0.29, 0.717) is 25.1 Å². The average Bonchev–Trinajstić information content (AvgIpc) is 3.02. The third-order valence-corrected chi connectivity index (χ3v) is 8.07. The Bertz CT molecular complexity index is 1220. The van der Waals surface area contributed by atoms with Crippen molar-refractivity contribution in [2.24, 2.45) is 13.0 Å². The SMILES string of the molecule is Cn1c(=O)sc2cc(NC(=O)[C@H]3CCCN(S(=O)(=O)c4ccccc4)C3)ccc21. The Morgan fingerprint density at radius 2 is 1.93 bits per heavy atom. The van der Waals surface area contributed by atoms with Crippen LogP contribution in [0.5, 0.6) is 0 Å². The molecule has 1 amide bonds. The molecule has 7 nitrogen and oxygen atoms in total. The number of amides is 1. The maximum absolute atomic E-state index is 12.9. The zero-order valence-corrected chi connectivity index (χ0v) is 17.5. The zero-order chi connectivity index (χ0) is 20.6. The number of fused-ring (bicyclic) bond motifs is 1. The lowest BCUT2D eigenvalue weighted by Gasteiger charge is -2.31. The van der Waals surface area contributed by atoms with E-state index in [0.717, 1.165) is 21.6 Å². The normalized spacial score (nSPS) is 18.0. The van der Waals surface area contributed by atoms with Gasteiger partial charge in [-0.2, -0.15) is 4.31 Å². The van der Waals surface area contributed by atoms with Crippen molar-refractivity contribution in [3.05, 3.63) is 58.2 Å². The topological polar surface area (TPSA) is 88.5 Å². The minimum Gasteiger partial charge on any atom is -0.326 e. The largest absolute Gasteiger partial charge is 0.326 e. The number of carbonyl (C=O) groups excluding carboxylic acids is 1. The number of hydrogen-bond donors (Lipinski definition) is 1. The molecular weight excluding hydrogens is 410 g/mol. The van der Waals surface area contributed by atoms with Crippen LogP contribution >= 0.6 is 11.3 Å². The van der Waals surface area contributed by atoms with E-state index in [-0.39, 0.29) is 22.2 Å². The molecule has 0 radical (unpaired) electrons. The van der Waals surface area contributed by atoms with Crippen molar-refractivity contribution in [1.29, 1.82) is 0 Å². The first kappa shape index (κ1) is 19.8. The predicted octanol–water partition coefficient (Wildman–Crippen LogP) is 2.64. The van der Waals surface area contributed by atoms with E-state index in [1.165, 1.54) is 4.31 Å². The summed E-state index contributed by atoms with van der Waals surface area (Å²) in [5.41, 5.74) is 1.42. The summed E-state index contributed by atoms with van der Waals surface area (Å²) in [6, 6.07) is 13.6. The number of thiazole rings is 1. The van der Waals surface area contributed by atoms with Crippen molar-refractivity contribution in [2.45, 2.75) is 17.7 Å². The number of rotatable bonds is 4. The molecule has 2 heterocycles. The number of anilines is 1. The molecule has 0 spiro atoms. The van der Waals surface area contributed by atoms with Gasteiger partial charge in [0.1, 0.15) is 0 Å². The van der Waals surface area contributed by atoms with Crippen LogP contribution in [0, 0.1) is 5.92 Å². The number of nitrogens with zero attached hydrogens (tertiary/aromatic N) is 2. The summed E-state index contributed by atoms with van der Waals surface area (Å²) in [6.45, 7) is 0.564. The first-order chi connectivity index (χ1) is 13.9. The van der Waals surface area contributed by atoms with Crippen LogP contribution in [0.25, 0.3) is 10.2 Å². The van der Waals surface area contributed by atoms with Crippen LogP contribution in [0.3, 0.4) is 0 Å². The van der Waals surface area contributed by atoms with E-state index in [1.54, 1.807) is 60.1 Å². The average molecular weight is 432 g/mol. The molecule has 9 heteroatoms. The first-order valence-electron chi connectivity index (χ1n) is 9.32. The van der Waals surface area contributed by atoms with Gasteiger partial charge < -0.3 is 9.88 Å². The van der Waals surface area contributed by atoms with Gasteiger partial charge in [-0.15, -0.1) is 0 Å². The predicted molar refractivity (Wildman–Crippen MR) is 114 cm³/mol. The summed E-state index contributed by atoms with van der Waals surface area (Å²) in [5.74, 6) is -0.631. The summed E-state index contributed by atoms with van der Waals surface area (Å²) in [6.07, 6.45) is 1.26. The van der Waals surface area contributed by atoms with Crippen molar-refractivity contribution in [2.75, 3.05) is 18.4 Å². The fourth-order valence-corrected chi connectivity index (χ4v) is 6.04. The third kappa shape index (κ3) is 3.85. The lowest BCUT2D eigenvalue weighted by Crippen LogP contribution is -2.43. The molecule has 4 rings (SSSR count). The molecule has 0 aliphatic carbocycles. The molecule has 1 aromatic heterocycles. The molecule has 1 aliphatic rings. The maximum atomic E-state index is 12.9. The van der Waals surface area contributed by atoms with Gasteiger partial charge in [0.05, 0.1) is 21.0 Å². The second-order valence-electron chi connectivity index (χ2n) is 7.11. The minimum atomic E-state index is -3.61. The smallest absolute Gasteiger partial charge is 0.307 e. The third-order valence-electron chi connectivity index (χ3n) is 5.20. The Balaban J connectivity index is 1.50.